The van der Waals surface area contributed by atoms with Crippen molar-refractivity contribution in [2.75, 3.05) is 29.9 Å². The van der Waals surface area contributed by atoms with Gasteiger partial charge in [-0.25, -0.2) is 14.5 Å². The number of nitrogens with zero attached hydrogens (tertiary/aromatic N) is 5. The SMILES string of the molecule is CC1(C)C(=O)N(c2ccc(C#N)c(C(F)(F)F)c2)C(=O)N1Cc1ccccc1Nc1ccc(CN2CCN(OC(=O)OCc3ccccc3)CC2=O)cc1. The van der Waals surface area contributed by atoms with Gasteiger partial charge in [0.2, 0.25) is 5.91 Å². The van der Waals surface area contributed by atoms with E-state index in [-0.39, 0.29) is 31.3 Å². The van der Waals surface area contributed by atoms with Crippen molar-refractivity contribution in [3.63, 3.8) is 0 Å². The van der Waals surface area contributed by atoms with Gasteiger partial charge in [0.25, 0.3) is 5.91 Å². The minimum atomic E-state index is -4.87. The van der Waals surface area contributed by atoms with Gasteiger partial charge >= 0.3 is 18.4 Å². The Morgan fingerprint density at radius 2 is 1.59 bits per heavy atom. The molecule has 4 aromatic rings. The van der Waals surface area contributed by atoms with Crippen molar-refractivity contribution in [2.45, 2.75) is 45.3 Å². The number of para-hydroxylation sites is 1. The number of hydroxylamine groups is 2. The summed E-state index contributed by atoms with van der Waals surface area (Å²) < 4.78 is 46.2. The van der Waals surface area contributed by atoms with E-state index in [1.165, 1.54) is 29.9 Å². The highest BCUT2D eigenvalue weighted by atomic mass is 19.4. The van der Waals surface area contributed by atoms with Crippen molar-refractivity contribution in [1.82, 2.24) is 14.9 Å². The zero-order valence-electron chi connectivity index (χ0n) is 29.3. The molecule has 2 fully saturated rings. The number of rotatable bonds is 10. The summed E-state index contributed by atoms with van der Waals surface area (Å²) in [6, 6.07) is 27.1. The van der Waals surface area contributed by atoms with Crippen molar-refractivity contribution in [3.8, 4) is 6.07 Å². The number of urea groups is 1. The number of hydrogen-bond donors (Lipinski definition) is 1. The second-order valence-electron chi connectivity index (χ2n) is 13.2. The molecule has 4 amide bonds. The number of imide groups is 1. The lowest BCUT2D eigenvalue weighted by molar-refractivity contribution is -0.169. The topological polar surface area (TPSA) is 136 Å². The molecule has 0 radical (unpaired) electrons. The molecule has 4 aromatic carbocycles. The summed E-state index contributed by atoms with van der Waals surface area (Å²) in [6.45, 7) is 3.92. The first kappa shape index (κ1) is 37.4. The minimum Gasteiger partial charge on any atom is -0.428 e. The molecule has 0 saturated carbocycles. The van der Waals surface area contributed by atoms with E-state index in [1.807, 2.05) is 54.6 Å². The van der Waals surface area contributed by atoms with Crippen molar-refractivity contribution >= 4 is 41.1 Å². The third-order valence-corrected chi connectivity index (χ3v) is 9.15. The van der Waals surface area contributed by atoms with E-state index < -0.39 is 40.9 Å². The second kappa shape index (κ2) is 15.3. The fraction of sp³-hybridized carbons (Fsp3) is 0.256. The first-order valence-electron chi connectivity index (χ1n) is 16.9. The average molecular weight is 741 g/mol. The number of benzene rings is 4. The zero-order chi connectivity index (χ0) is 38.6. The predicted octanol–water partition coefficient (Wildman–Crippen LogP) is 6.98. The maximum absolute atomic E-state index is 13.7. The molecule has 2 aliphatic rings. The molecule has 54 heavy (non-hydrogen) atoms. The number of carbonyl (C=O) groups is 4. The average Bonchev–Trinajstić information content (AvgIpc) is 3.31. The lowest BCUT2D eigenvalue weighted by atomic mass is 10.0. The van der Waals surface area contributed by atoms with E-state index in [0.717, 1.165) is 23.3 Å². The number of nitriles is 1. The van der Waals surface area contributed by atoms with Gasteiger partial charge < -0.3 is 24.7 Å². The normalized spacial score (nSPS) is 16.0. The van der Waals surface area contributed by atoms with Crippen molar-refractivity contribution in [3.05, 3.63) is 125 Å². The van der Waals surface area contributed by atoms with Crippen LogP contribution in [0.5, 0.6) is 0 Å². The van der Waals surface area contributed by atoms with Gasteiger partial charge in [-0.15, -0.1) is 5.06 Å². The van der Waals surface area contributed by atoms with Crippen LogP contribution in [0.4, 0.5) is 39.8 Å². The van der Waals surface area contributed by atoms with Crippen LogP contribution in [-0.2, 0) is 45.0 Å². The van der Waals surface area contributed by atoms with Gasteiger partial charge in [-0.05, 0) is 66.9 Å². The summed E-state index contributed by atoms with van der Waals surface area (Å²) >= 11 is 0. The third-order valence-electron chi connectivity index (χ3n) is 9.15. The molecule has 6 rings (SSSR count). The van der Waals surface area contributed by atoms with Crippen LogP contribution < -0.4 is 10.2 Å². The molecule has 2 aliphatic heterocycles. The number of amides is 4. The Kier molecular flexibility index (Phi) is 10.6. The van der Waals surface area contributed by atoms with E-state index in [0.29, 0.717) is 47.5 Å². The molecule has 2 saturated heterocycles. The van der Waals surface area contributed by atoms with E-state index in [1.54, 1.807) is 29.2 Å². The first-order valence-corrected chi connectivity index (χ1v) is 16.9. The Hall–Kier alpha value is -6.40. The Morgan fingerprint density at radius 1 is 0.889 bits per heavy atom. The summed E-state index contributed by atoms with van der Waals surface area (Å²) in [6.07, 6.45) is -5.75. The molecule has 0 bridgehead atoms. The Labute approximate surface area is 308 Å². The summed E-state index contributed by atoms with van der Waals surface area (Å²) in [5.74, 6) is -0.926. The van der Waals surface area contributed by atoms with E-state index in [4.69, 9.17) is 9.57 Å². The number of ether oxygens (including phenoxy) is 1. The molecule has 0 aliphatic carbocycles. The Balaban J connectivity index is 1.07. The van der Waals surface area contributed by atoms with Crippen LogP contribution in [0.2, 0.25) is 0 Å². The first-order chi connectivity index (χ1) is 25.7. The van der Waals surface area contributed by atoms with E-state index in [2.05, 4.69) is 5.32 Å². The molecule has 0 unspecified atom stereocenters. The zero-order valence-corrected chi connectivity index (χ0v) is 29.3. The molecule has 15 heteroatoms. The van der Waals surface area contributed by atoms with Gasteiger partial charge in [0.1, 0.15) is 18.7 Å². The van der Waals surface area contributed by atoms with Crippen molar-refractivity contribution in [2.24, 2.45) is 0 Å². The number of halogens is 3. The number of hydrogen-bond acceptors (Lipinski definition) is 9. The fourth-order valence-electron chi connectivity index (χ4n) is 6.13. The highest BCUT2D eigenvalue weighted by Crippen LogP contribution is 2.39. The fourth-order valence-corrected chi connectivity index (χ4v) is 6.13. The molecule has 12 nitrogen and oxygen atoms in total. The van der Waals surface area contributed by atoms with Crippen molar-refractivity contribution < 1.29 is 41.9 Å². The molecule has 1 N–H and O–H groups in total. The Bertz CT molecular complexity index is 2100. The number of alkyl halides is 3. The predicted molar refractivity (Wildman–Crippen MR) is 190 cm³/mol. The van der Waals surface area contributed by atoms with Crippen LogP contribution in [-0.4, -0.2) is 64.0 Å². The molecule has 278 valence electrons. The number of carbonyl (C=O) groups excluding carboxylic acids is 4. The number of piperazine rings is 1. The van der Waals surface area contributed by atoms with Crippen LogP contribution in [0.3, 0.4) is 0 Å². The molecule has 0 aromatic heterocycles. The number of anilines is 3. The van der Waals surface area contributed by atoms with Crippen LogP contribution in [0.15, 0.2) is 97.1 Å². The molecular weight excluding hydrogens is 705 g/mol. The van der Waals surface area contributed by atoms with Gasteiger partial charge in [0.15, 0.2) is 0 Å². The van der Waals surface area contributed by atoms with Gasteiger partial charge in [-0.3, -0.25) is 9.59 Å². The number of nitrogens with one attached hydrogen (secondary N) is 1. The largest absolute Gasteiger partial charge is 0.528 e. The van der Waals surface area contributed by atoms with Gasteiger partial charge in [0, 0.05) is 24.5 Å². The van der Waals surface area contributed by atoms with Gasteiger partial charge in [-0.1, -0.05) is 60.7 Å². The quantitative estimate of drug-likeness (QED) is 0.135. The van der Waals surface area contributed by atoms with Crippen LogP contribution in [0, 0.1) is 11.3 Å². The van der Waals surface area contributed by atoms with Crippen LogP contribution in [0.25, 0.3) is 0 Å². The lowest BCUT2D eigenvalue weighted by Crippen LogP contribution is -2.50. The highest BCUT2D eigenvalue weighted by molar-refractivity contribution is 6.23. The van der Waals surface area contributed by atoms with Crippen molar-refractivity contribution in [1.29, 1.82) is 5.26 Å². The summed E-state index contributed by atoms with van der Waals surface area (Å²) in [5, 5.41) is 13.8. The Morgan fingerprint density at radius 3 is 2.28 bits per heavy atom. The summed E-state index contributed by atoms with van der Waals surface area (Å²) in [7, 11) is 0. The summed E-state index contributed by atoms with van der Waals surface area (Å²) in [4.78, 5) is 61.0. The summed E-state index contributed by atoms with van der Waals surface area (Å²) in [5.41, 5.74) is 0.0995. The van der Waals surface area contributed by atoms with Gasteiger partial charge in [0.05, 0.1) is 36.0 Å². The highest BCUT2D eigenvalue weighted by Gasteiger charge is 2.52. The van der Waals surface area contributed by atoms with Crippen LogP contribution in [0.1, 0.15) is 41.7 Å². The minimum absolute atomic E-state index is 0.0414. The van der Waals surface area contributed by atoms with E-state index in [9.17, 15) is 37.6 Å². The van der Waals surface area contributed by atoms with Crippen LogP contribution >= 0.6 is 0 Å². The maximum atomic E-state index is 13.7. The standard InChI is InChI=1S/C39H35F3N6O6/c1-38(2)35(50)48(31-17-14-28(21-43)32(20-31)39(40,41)42)36(51)47(38)23-29-10-6-7-11-33(29)44-30-15-12-26(13-16-30)22-45-18-19-46(24-34(45)49)54-37(52)53-25-27-8-4-3-5-9-27/h3-17,20,44H,18-19,22-25H2,1-2H3. The molecular formula is C39H35F3N6O6. The molecule has 0 atom stereocenters. The van der Waals surface area contributed by atoms with Gasteiger partial charge in [-0.2, -0.15) is 18.4 Å². The smallest absolute Gasteiger partial charge is 0.428 e. The molecule has 0 spiro atoms. The second-order valence-corrected chi connectivity index (χ2v) is 13.2. The lowest BCUT2D eigenvalue weighted by Gasteiger charge is -2.32. The maximum Gasteiger partial charge on any atom is 0.528 e. The van der Waals surface area contributed by atoms with E-state index >= 15 is 0 Å². The molecule has 2 heterocycles. The monoisotopic (exact) mass is 740 g/mol. The third kappa shape index (κ3) is 8.13.